The van der Waals surface area contributed by atoms with Gasteiger partial charge in [0.05, 0.1) is 18.1 Å². The Morgan fingerprint density at radius 3 is 2.67 bits per heavy atom. The quantitative estimate of drug-likeness (QED) is 0.374. The number of carboxylic acid groups (broad SMARTS) is 1. The van der Waals surface area contributed by atoms with E-state index in [2.05, 4.69) is 0 Å². The van der Waals surface area contributed by atoms with Gasteiger partial charge in [-0.05, 0) is 53.1 Å². The summed E-state index contributed by atoms with van der Waals surface area (Å²) in [4.78, 5) is 11.2. The highest BCUT2D eigenvalue weighted by atomic mass is 16.5. The molecule has 0 bridgehead atoms. The number of rotatable bonds is 8. The van der Waals surface area contributed by atoms with Crippen LogP contribution in [0.3, 0.4) is 0 Å². The Labute approximate surface area is 190 Å². The topological polar surface area (TPSA) is 130 Å². The molecule has 33 heavy (non-hydrogen) atoms. The predicted molar refractivity (Wildman–Crippen MR) is 122 cm³/mol. The Bertz CT molecular complexity index is 1370. The fraction of sp³-hybridized carbons (Fsp3) is 0.154. The van der Waals surface area contributed by atoms with Gasteiger partial charge in [0.2, 0.25) is 0 Å². The van der Waals surface area contributed by atoms with Crippen molar-refractivity contribution in [2.24, 2.45) is 5.73 Å². The lowest BCUT2D eigenvalue weighted by molar-refractivity contribution is -0.136. The van der Waals surface area contributed by atoms with Gasteiger partial charge >= 0.3 is 5.97 Å². The van der Waals surface area contributed by atoms with Crippen LogP contribution in [-0.2, 0) is 31.0 Å². The van der Waals surface area contributed by atoms with Crippen LogP contribution < -0.4 is 10.5 Å². The minimum atomic E-state index is -0.983. The van der Waals surface area contributed by atoms with Crippen molar-refractivity contribution in [1.29, 1.82) is 5.26 Å². The van der Waals surface area contributed by atoms with Crippen molar-refractivity contribution >= 4 is 16.9 Å². The second-order valence-corrected chi connectivity index (χ2v) is 7.63. The van der Waals surface area contributed by atoms with Crippen LogP contribution >= 0.6 is 0 Å². The van der Waals surface area contributed by atoms with Crippen LogP contribution in [0, 0.1) is 11.3 Å². The van der Waals surface area contributed by atoms with Gasteiger partial charge in [0, 0.05) is 23.1 Å². The van der Waals surface area contributed by atoms with E-state index in [-0.39, 0.29) is 19.6 Å². The maximum absolute atomic E-state index is 11.2. The summed E-state index contributed by atoms with van der Waals surface area (Å²) in [5.41, 5.74) is 10.9. The molecule has 7 nitrogen and oxygen atoms in total. The Hall–Kier alpha value is -4.12. The summed E-state index contributed by atoms with van der Waals surface area (Å²) in [6.07, 6.45) is -0.210. The highest BCUT2D eigenvalue weighted by molar-refractivity contribution is 5.93. The lowest BCUT2D eigenvalue weighted by atomic mass is 9.99. The van der Waals surface area contributed by atoms with Gasteiger partial charge in [0.15, 0.2) is 0 Å². The second kappa shape index (κ2) is 9.57. The first-order valence-corrected chi connectivity index (χ1v) is 10.3. The molecule has 0 aliphatic carbocycles. The molecule has 0 aliphatic rings. The number of aliphatic hydroxyl groups excluding tert-OH is 1. The van der Waals surface area contributed by atoms with Crippen LogP contribution in [0.1, 0.15) is 28.0 Å². The van der Waals surface area contributed by atoms with E-state index in [0.29, 0.717) is 34.8 Å². The highest BCUT2D eigenvalue weighted by Crippen LogP contribution is 2.34. The van der Waals surface area contributed by atoms with E-state index >= 15 is 0 Å². The molecule has 0 saturated carbocycles. The van der Waals surface area contributed by atoms with Gasteiger partial charge < -0.3 is 25.1 Å². The van der Waals surface area contributed by atoms with Crippen molar-refractivity contribution in [2.75, 3.05) is 0 Å². The highest BCUT2D eigenvalue weighted by Gasteiger charge is 2.14. The van der Waals surface area contributed by atoms with Crippen LogP contribution in [0.15, 0.2) is 65.1 Å². The average molecular weight is 442 g/mol. The first kappa shape index (κ1) is 22.1. The normalized spacial score (nSPS) is 10.8. The number of fused-ring (bicyclic) bond motifs is 1. The molecule has 0 radical (unpaired) electrons. The van der Waals surface area contributed by atoms with Crippen LogP contribution in [0.4, 0.5) is 0 Å². The predicted octanol–water partition coefficient (Wildman–Crippen LogP) is 4.13. The number of furan rings is 1. The molecule has 4 aromatic rings. The third kappa shape index (κ3) is 4.88. The molecule has 0 aliphatic heterocycles. The third-order valence-corrected chi connectivity index (χ3v) is 5.29. The number of aliphatic hydroxyl groups is 1. The lowest BCUT2D eigenvalue weighted by Gasteiger charge is -2.13. The summed E-state index contributed by atoms with van der Waals surface area (Å²) in [6, 6.07) is 20.2. The number of aliphatic carboxylic acids is 1. The molecule has 166 valence electrons. The zero-order valence-electron chi connectivity index (χ0n) is 17.7. The minimum Gasteiger partial charge on any atom is -0.489 e. The van der Waals surface area contributed by atoms with Crippen LogP contribution in [0.5, 0.6) is 5.75 Å². The zero-order valence-corrected chi connectivity index (χ0v) is 17.7. The zero-order chi connectivity index (χ0) is 23.4. The lowest BCUT2D eigenvalue weighted by Crippen LogP contribution is -2.05. The SMILES string of the molecule is N#Cc1ccc(CC(=O)O)c(OCc2cc(-c3cccc(CN)c3)c3oc(CO)cc3c2)c1. The van der Waals surface area contributed by atoms with Crippen LogP contribution in [-0.4, -0.2) is 16.2 Å². The van der Waals surface area contributed by atoms with Crippen molar-refractivity contribution in [3.8, 4) is 22.9 Å². The molecule has 0 fully saturated rings. The molecule has 0 spiro atoms. The Morgan fingerprint density at radius 2 is 1.94 bits per heavy atom. The molecule has 7 heteroatoms. The fourth-order valence-corrected chi connectivity index (χ4v) is 3.74. The molecule has 1 aromatic heterocycles. The number of nitrogens with zero attached hydrogens (tertiary/aromatic N) is 1. The summed E-state index contributed by atoms with van der Waals surface area (Å²) >= 11 is 0. The van der Waals surface area contributed by atoms with E-state index in [9.17, 15) is 20.3 Å². The smallest absolute Gasteiger partial charge is 0.307 e. The molecule has 0 amide bonds. The monoisotopic (exact) mass is 442 g/mol. The molecule has 0 unspecified atom stereocenters. The molecule has 0 saturated heterocycles. The van der Waals surface area contributed by atoms with Crippen molar-refractivity contribution in [3.05, 3.63) is 88.7 Å². The summed E-state index contributed by atoms with van der Waals surface area (Å²) < 4.78 is 11.8. The first-order chi connectivity index (χ1) is 16.0. The molecule has 3 aromatic carbocycles. The van der Waals surface area contributed by atoms with Crippen LogP contribution in [0.2, 0.25) is 0 Å². The summed E-state index contributed by atoms with van der Waals surface area (Å²) in [5.74, 6) is -0.181. The average Bonchev–Trinajstić information content (AvgIpc) is 3.26. The number of hydrogen-bond donors (Lipinski definition) is 3. The molecule has 0 atom stereocenters. The fourth-order valence-electron chi connectivity index (χ4n) is 3.74. The summed E-state index contributed by atoms with van der Waals surface area (Å²) in [7, 11) is 0. The van der Waals surface area contributed by atoms with E-state index in [1.807, 2.05) is 42.5 Å². The Kier molecular flexibility index (Phi) is 6.41. The van der Waals surface area contributed by atoms with E-state index < -0.39 is 5.97 Å². The number of nitriles is 1. The van der Waals surface area contributed by atoms with Gasteiger partial charge in [-0.15, -0.1) is 0 Å². The molecule has 1 heterocycles. The van der Waals surface area contributed by atoms with Crippen molar-refractivity contribution in [1.82, 2.24) is 0 Å². The molecule has 4 N–H and O–H groups in total. The van der Waals surface area contributed by atoms with Gasteiger partial charge in [-0.1, -0.05) is 24.3 Å². The number of carbonyl (C=O) groups is 1. The number of hydrogen-bond acceptors (Lipinski definition) is 6. The van der Waals surface area contributed by atoms with E-state index in [4.69, 9.17) is 14.9 Å². The van der Waals surface area contributed by atoms with E-state index in [0.717, 1.165) is 27.6 Å². The van der Waals surface area contributed by atoms with Crippen LogP contribution in [0.25, 0.3) is 22.1 Å². The Balaban J connectivity index is 1.73. The van der Waals surface area contributed by atoms with Gasteiger partial charge in [-0.25, -0.2) is 0 Å². The number of benzene rings is 3. The third-order valence-electron chi connectivity index (χ3n) is 5.29. The molecular formula is C26H22N2O5. The van der Waals surface area contributed by atoms with Gasteiger partial charge in [0.25, 0.3) is 0 Å². The maximum atomic E-state index is 11.2. The second-order valence-electron chi connectivity index (χ2n) is 7.63. The largest absolute Gasteiger partial charge is 0.489 e. The van der Waals surface area contributed by atoms with E-state index in [1.165, 1.54) is 0 Å². The summed E-state index contributed by atoms with van der Waals surface area (Å²) in [6.45, 7) is 0.338. The number of ether oxygens (including phenoxy) is 1. The minimum absolute atomic E-state index is 0.153. The summed E-state index contributed by atoms with van der Waals surface area (Å²) in [5, 5.41) is 28.8. The van der Waals surface area contributed by atoms with Crippen molar-refractivity contribution in [2.45, 2.75) is 26.2 Å². The van der Waals surface area contributed by atoms with Gasteiger partial charge in [0.1, 0.15) is 30.3 Å². The number of carboxylic acids is 1. The number of nitrogens with two attached hydrogens (primary N) is 1. The standard InChI is InChI=1S/C26H22N2O5/c27-12-16-2-1-3-19(6-16)23-8-18(7-21-10-22(14-29)33-26(21)23)15-32-24-9-17(13-28)4-5-20(24)11-25(30)31/h1-10,29H,11-12,14-15,27H2,(H,30,31). The molecular weight excluding hydrogens is 420 g/mol. The van der Waals surface area contributed by atoms with Gasteiger partial charge in [-0.3, -0.25) is 4.79 Å². The first-order valence-electron chi connectivity index (χ1n) is 10.3. The Morgan fingerprint density at radius 1 is 1.09 bits per heavy atom. The van der Waals surface area contributed by atoms with Crippen molar-refractivity contribution < 1.29 is 24.2 Å². The maximum Gasteiger partial charge on any atom is 0.307 e. The molecule has 4 rings (SSSR count). The van der Waals surface area contributed by atoms with Crippen molar-refractivity contribution in [3.63, 3.8) is 0 Å². The van der Waals surface area contributed by atoms with Gasteiger partial charge in [-0.2, -0.15) is 5.26 Å². The van der Waals surface area contributed by atoms with E-state index in [1.54, 1.807) is 24.3 Å².